The van der Waals surface area contributed by atoms with E-state index in [1.807, 2.05) is 0 Å². The first-order chi connectivity index (χ1) is 5.43. The standard InChI is InChI=1S/C8H11F3O/c9-8(10,11)4-7(12)5-2-1-3-6(5)7/h5-6,12H,1-4H2. The summed E-state index contributed by atoms with van der Waals surface area (Å²) in [5.74, 6) is -0.113. The Morgan fingerprint density at radius 2 is 1.75 bits per heavy atom. The monoisotopic (exact) mass is 180 g/mol. The van der Waals surface area contributed by atoms with E-state index in [0.29, 0.717) is 0 Å². The van der Waals surface area contributed by atoms with Gasteiger partial charge in [-0.2, -0.15) is 13.2 Å². The topological polar surface area (TPSA) is 20.2 Å². The highest BCUT2D eigenvalue weighted by Gasteiger charge is 2.68. The van der Waals surface area contributed by atoms with Crippen LogP contribution in [0.2, 0.25) is 0 Å². The van der Waals surface area contributed by atoms with Crippen LogP contribution in [0.25, 0.3) is 0 Å². The van der Waals surface area contributed by atoms with Gasteiger partial charge in [0.05, 0.1) is 12.0 Å². The number of hydrogen-bond donors (Lipinski definition) is 1. The average Bonchev–Trinajstić information content (AvgIpc) is 2.33. The molecular formula is C8H11F3O. The highest BCUT2D eigenvalue weighted by molar-refractivity contribution is 5.15. The maximum atomic E-state index is 11.9. The molecular weight excluding hydrogens is 169 g/mol. The van der Waals surface area contributed by atoms with Gasteiger partial charge in [0.1, 0.15) is 0 Å². The molecule has 0 radical (unpaired) electrons. The Balaban J connectivity index is 1.98. The Bertz CT molecular complexity index is 189. The van der Waals surface area contributed by atoms with E-state index in [-0.39, 0.29) is 11.8 Å². The summed E-state index contributed by atoms with van der Waals surface area (Å²) in [7, 11) is 0. The normalized spacial score (nSPS) is 46.0. The van der Waals surface area contributed by atoms with Crippen molar-refractivity contribution in [2.24, 2.45) is 11.8 Å². The van der Waals surface area contributed by atoms with Gasteiger partial charge in [0, 0.05) is 0 Å². The number of hydrogen-bond acceptors (Lipinski definition) is 1. The Hall–Kier alpha value is -0.250. The first-order valence-corrected chi connectivity index (χ1v) is 4.22. The zero-order valence-electron chi connectivity index (χ0n) is 6.56. The molecule has 2 aliphatic carbocycles. The van der Waals surface area contributed by atoms with Crippen molar-refractivity contribution < 1.29 is 18.3 Å². The Labute approximate surface area is 68.6 Å². The van der Waals surface area contributed by atoms with E-state index in [0.717, 1.165) is 19.3 Å². The van der Waals surface area contributed by atoms with E-state index in [1.54, 1.807) is 0 Å². The number of alkyl halides is 3. The molecule has 0 amide bonds. The van der Waals surface area contributed by atoms with Crippen LogP contribution < -0.4 is 0 Å². The molecule has 2 fully saturated rings. The third-order valence-electron chi connectivity index (χ3n) is 3.17. The molecule has 0 spiro atoms. The second-order valence-electron chi connectivity index (χ2n) is 3.93. The maximum Gasteiger partial charge on any atom is 0.391 e. The zero-order valence-corrected chi connectivity index (χ0v) is 6.56. The van der Waals surface area contributed by atoms with E-state index in [1.165, 1.54) is 0 Å². The predicted octanol–water partition coefficient (Wildman–Crippen LogP) is 2.10. The van der Waals surface area contributed by atoms with Crippen molar-refractivity contribution in [3.05, 3.63) is 0 Å². The summed E-state index contributed by atoms with van der Waals surface area (Å²) in [6, 6.07) is 0. The number of halogens is 3. The Kier molecular flexibility index (Phi) is 1.50. The van der Waals surface area contributed by atoms with Crippen molar-refractivity contribution in [1.29, 1.82) is 0 Å². The fourth-order valence-corrected chi connectivity index (χ4v) is 2.63. The summed E-state index contributed by atoms with van der Waals surface area (Å²) >= 11 is 0. The van der Waals surface area contributed by atoms with Crippen LogP contribution in [-0.4, -0.2) is 16.9 Å². The molecule has 0 saturated heterocycles. The molecule has 2 saturated carbocycles. The molecule has 1 nitrogen and oxygen atoms in total. The molecule has 4 heteroatoms. The molecule has 0 aromatic rings. The lowest BCUT2D eigenvalue weighted by Crippen LogP contribution is -2.25. The summed E-state index contributed by atoms with van der Waals surface area (Å²) in [6.45, 7) is 0. The van der Waals surface area contributed by atoms with Gasteiger partial charge in [0.25, 0.3) is 0 Å². The van der Waals surface area contributed by atoms with Crippen molar-refractivity contribution >= 4 is 0 Å². The van der Waals surface area contributed by atoms with E-state index >= 15 is 0 Å². The lowest BCUT2D eigenvalue weighted by molar-refractivity contribution is -0.163. The second kappa shape index (κ2) is 2.16. The van der Waals surface area contributed by atoms with Gasteiger partial charge in [-0.05, 0) is 24.7 Å². The largest absolute Gasteiger partial charge is 0.391 e. The molecule has 0 aromatic heterocycles. The van der Waals surface area contributed by atoms with Crippen LogP contribution >= 0.6 is 0 Å². The van der Waals surface area contributed by atoms with Gasteiger partial charge >= 0.3 is 6.18 Å². The van der Waals surface area contributed by atoms with Crippen molar-refractivity contribution in [2.75, 3.05) is 0 Å². The molecule has 1 N–H and O–H groups in total. The number of aliphatic hydroxyl groups is 1. The van der Waals surface area contributed by atoms with E-state index in [2.05, 4.69) is 0 Å². The van der Waals surface area contributed by atoms with Crippen molar-refractivity contribution in [1.82, 2.24) is 0 Å². The minimum Gasteiger partial charge on any atom is -0.389 e. The third kappa shape index (κ3) is 1.13. The summed E-state index contributed by atoms with van der Waals surface area (Å²) < 4.78 is 35.8. The SMILES string of the molecule is OC1(CC(F)(F)F)C2CCCC21. The zero-order chi connectivity index (χ0) is 8.98. The van der Waals surface area contributed by atoms with Gasteiger partial charge in [-0.1, -0.05) is 6.42 Å². The summed E-state index contributed by atoms with van der Waals surface area (Å²) in [5.41, 5.74) is -1.38. The maximum absolute atomic E-state index is 11.9. The number of rotatable bonds is 1. The molecule has 2 atom stereocenters. The van der Waals surface area contributed by atoms with Gasteiger partial charge in [-0.15, -0.1) is 0 Å². The molecule has 12 heavy (non-hydrogen) atoms. The first-order valence-electron chi connectivity index (χ1n) is 4.22. The van der Waals surface area contributed by atoms with Gasteiger partial charge < -0.3 is 5.11 Å². The summed E-state index contributed by atoms with van der Waals surface area (Å²) in [5, 5.41) is 9.52. The van der Waals surface area contributed by atoms with Crippen LogP contribution in [-0.2, 0) is 0 Å². The van der Waals surface area contributed by atoms with E-state index in [4.69, 9.17) is 0 Å². The highest BCUT2D eigenvalue weighted by Crippen LogP contribution is 2.63. The lowest BCUT2D eigenvalue weighted by atomic mass is 10.0. The van der Waals surface area contributed by atoms with Crippen LogP contribution in [0.1, 0.15) is 25.7 Å². The van der Waals surface area contributed by atoms with Gasteiger partial charge in [-0.3, -0.25) is 0 Å². The quantitative estimate of drug-likeness (QED) is 0.655. The Morgan fingerprint density at radius 1 is 1.25 bits per heavy atom. The predicted molar refractivity (Wildman–Crippen MR) is 36.5 cm³/mol. The average molecular weight is 180 g/mol. The molecule has 0 aliphatic heterocycles. The molecule has 2 rings (SSSR count). The van der Waals surface area contributed by atoms with Crippen LogP contribution in [0.3, 0.4) is 0 Å². The van der Waals surface area contributed by atoms with Crippen molar-refractivity contribution in [2.45, 2.75) is 37.5 Å². The van der Waals surface area contributed by atoms with E-state index < -0.39 is 18.2 Å². The second-order valence-corrected chi connectivity index (χ2v) is 3.93. The smallest absolute Gasteiger partial charge is 0.389 e. The minimum absolute atomic E-state index is 0.0564. The molecule has 0 bridgehead atoms. The molecule has 0 aromatic carbocycles. The van der Waals surface area contributed by atoms with Crippen molar-refractivity contribution in [3.63, 3.8) is 0 Å². The molecule has 70 valence electrons. The van der Waals surface area contributed by atoms with Crippen LogP contribution in [0, 0.1) is 11.8 Å². The Morgan fingerprint density at radius 3 is 2.17 bits per heavy atom. The van der Waals surface area contributed by atoms with Crippen LogP contribution in [0.5, 0.6) is 0 Å². The first kappa shape index (κ1) is 8.35. The summed E-state index contributed by atoms with van der Waals surface area (Å²) in [4.78, 5) is 0. The van der Waals surface area contributed by atoms with Gasteiger partial charge in [0.2, 0.25) is 0 Å². The van der Waals surface area contributed by atoms with Gasteiger partial charge in [0.15, 0.2) is 0 Å². The van der Waals surface area contributed by atoms with Gasteiger partial charge in [-0.25, -0.2) is 0 Å². The van der Waals surface area contributed by atoms with Crippen LogP contribution in [0.15, 0.2) is 0 Å². The fraction of sp³-hybridized carbons (Fsp3) is 1.00. The number of fused-ring (bicyclic) bond motifs is 1. The molecule has 0 heterocycles. The summed E-state index contributed by atoms with van der Waals surface area (Å²) in [6.07, 6.45) is -2.68. The minimum atomic E-state index is -4.21. The third-order valence-corrected chi connectivity index (χ3v) is 3.17. The molecule has 2 aliphatic rings. The fourth-order valence-electron chi connectivity index (χ4n) is 2.63. The highest BCUT2D eigenvalue weighted by atomic mass is 19.4. The van der Waals surface area contributed by atoms with E-state index in [9.17, 15) is 18.3 Å². The lowest BCUT2D eigenvalue weighted by Gasteiger charge is -2.15. The van der Waals surface area contributed by atoms with Crippen LogP contribution in [0.4, 0.5) is 13.2 Å². The van der Waals surface area contributed by atoms with Crippen molar-refractivity contribution in [3.8, 4) is 0 Å². The molecule has 2 unspecified atom stereocenters.